The summed E-state index contributed by atoms with van der Waals surface area (Å²) in [4.78, 5) is 5.53. The lowest BCUT2D eigenvalue weighted by Gasteiger charge is -2.41. The zero-order chi connectivity index (χ0) is 11.0. The summed E-state index contributed by atoms with van der Waals surface area (Å²) in [6.07, 6.45) is 4.61. The molecule has 1 aromatic rings. The molecule has 0 bridgehead atoms. The van der Waals surface area contributed by atoms with Crippen molar-refractivity contribution >= 4 is 12.3 Å². The molecule has 2 rings (SSSR count). The molecule has 0 saturated heterocycles. The van der Waals surface area contributed by atoms with Crippen molar-refractivity contribution in [2.24, 2.45) is 5.92 Å². The molecule has 0 spiro atoms. The second-order valence-electron chi connectivity index (χ2n) is 4.80. The van der Waals surface area contributed by atoms with Crippen molar-refractivity contribution in [2.45, 2.75) is 32.7 Å². The molecule has 15 heavy (non-hydrogen) atoms. The van der Waals surface area contributed by atoms with E-state index in [9.17, 15) is 0 Å². The van der Waals surface area contributed by atoms with Crippen molar-refractivity contribution in [3.05, 3.63) is 22.8 Å². The lowest BCUT2D eigenvalue weighted by Crippen LogP contribution is -2.42. The molecule has 1 aliphatic carbocycles. The molecule has 0 radical (unpaired) electrons. The fourth-order valence-corrected chi connectivity index (χ4v) is 2.38. The van der Waals surface area contributed by atoms with E-state index in [1.807, 2.05) is 6.20 Å². The van der Waals surface area contributed by atoms with Gasteiger partial charge in [0.15, 0.2) is 0 Å². The van der Waals surface area contributed by atoms with Crippen LogP contribution in [-0.4, -0.2) is 23.0 Å². The second-order valence-corrected chi connectivity index (χ2v) is 4.80. The summed E-state index contributed by atoms with van der Waals surface area (Å²) in [5.41, 5.74) is 1.33. The molecule has 2 nitrogen and oxygen atoms in total. The van der Waals surface area contributed by atoms with Crippen LogP contribution in [0.5, 0.6) is 0 Å². The van der Waals surface area contributed by atoms with E-state index in [1.54, 1.807) is 0 Å². The van der Waals surface area contributed by atoms with Crippen molar-refractivity contribution in [3.63, 3.8) is 0 Å². The Morgan fingerprint density at radius 1 is 1.53 bits per heavy atom. The number of nitrogens with zero attached hydrogens (tertiary/aromatic N) is 1. The van der Waals surface area contributed by atoms with Crippen molar-refractivity contribution in [2.75, 3.05) is 7.05 Å². The van der Waals surface area contributed by atoms with E-state index in [1.165, 1.54) is 23.8 Å². The Balaban J connectivity index is 2.25. The van der Waals surface area contributed by atoms with Gasteiger partial charge >= 0.3 is 0 Å². The first-order valence-electron chi connectivity index (χ1n) is 5.65. The molecule has 0 aromatic carbocycles. The smallest absolute Gasteiger partial charge is 0.0398 e. The molecular weight excluding hydrogens is 184 g/mol. The Morgan fingerprint density at radius 2 is 2.20 bits per heavy atom. The van der Waals surface area contributed by atoms with E-state index in [4.69, 9.17) is 0 Å². The van der Waals surface area contributed by atoms with Crippen LogP contribution in [0, 0.1) is 5.92 Å². The highest BCUT2D eigenvalue weighted by molar-refractivity contribution is 5.40. The molecule has 0 amide bonds. The normalized spacial score (nSPS) is 27.1. The lowest BCUT2D eigenvalue weighted by atomic mass is 9.81. The third-order valence-electron chi connectivity index (χ3n) is 3.65. The molecule has 0 unspecified atom stereocenters. The van der Waals surface area contributed by atoms with E-state index < -0.39 is 0 Å². The zero-order valence-electron chi connectivity index (χ0n) is 9.88. The molecule has 2 heteroatoms. The van der Waals surface area contributed by atoms with E-state index in [0.29, 0.717) is 0 Å². The molecule has 1 fully saturated rings. The molecule has 82 valence electrons. The van der Waals surface area contributed by atoms with Crippen LogP contribution in [0.25, 0.3) is 12.3 Å². The maximum atomic E-state index is 4.00. The number of rotatable bonds is 2. The van der Waals surface area contributed by atoms with Gasteiger partial charge < -0.3 is 9.88 Å². The summed E-state index contributed by atoms with van der Waals surface area (Å²) in [6, 6.07) is 2.84. The zero-order valence-corrected chi connectivity index (χ0v) is 9.88. The van der Waals surface area contributed by atoms with Crippen molar-refractivity contribution in [1.82, 2.24) is 9.88 Å². The Bertz CT molecular complexity index is 437. The van der Waals surface area contributed by atoms with E-state index in [0.717, 1.165) is 17.3 Å². The Labute approximate surface area is 91.3 Å². The van der Waals surface area contributed by atoms with Crippen LogP contribution in [0.3, 0.4) is 0 Å². The maximum absolute atomic E-state index is 4.00. The largest absolute Gasteiger partial charge is 0.375 e. The van der Waals surface area contributed by atoms with E-state index in [-0.39, 0.29) is 0 Å². The van der Waals surface area contributed by atoms with E-state index >= 15 is 0 Å². The van der Waals surface area contributed by atoms with Crippen LogP contribution in [0.2, 0.25) is 0 Å². The summed E-state index contributed by atoms with van der Waals surface area (Å²) in [7, 11) is 2.19. The number of H-pyrrole nitrogens is 1. The van der Waals surface area contributed by atoms with Gasteiger partial charge in [0.05, 0.1) is 0 Å². The minimum atomic E-state index is 0.731. The second kappa shape index (κ2) is 3.76. The highest BCUT2D eigenvalue weighted by Crippen LogP contribution is 2.31. The first kappa shape index (κ1) is 10.3. The van der Waals surface area contributed by atoms with Crippen molar-refractivity contribution in [1.29, 1.82) is 0 Å². The molecule has 1 aliphatic rings. The van der Waals surface area contributed by atoms with Gasteiger partial charge in [-0.3, -0.25) is 0 Å². The van der Waals surface area contributed by atoms with Gasteiger partial charge in [0.25, 0.3) is 0 Å². The summed E-state index contributed by atoms with van der Waals surface area (Å²) < 4.78 is 0. The minimum absolute atomic E-state index is 0.731. The van der Waals surface area contributed by atoms with Crippen LogP contribution in [0.15, 0.2) is 12.3 Å². The van der Waals surface area contributed by atoms with Gasteiger partial charge in [-0.2, -0.15) is 0 Å². The topological polar surface area (TPSA) is 19.0 Å². The minimum Gasteiger partial charge on any atom is -0.375 e. The van der Waals surface area contributed by atoms with Crippen LogP contribution in [0.4, 0.5) is 0 Å². The molecule has 0 aliphatic heterocycles. The Hall–Kier alpha value is -1.18. The van der Waals surface area contributed by atoms with Crippen LogP contribution >= 0.6 is 0 Å². The molecule has 1 saturated carbocycles. The Morgan fingerprint density at radius 3 is 2.67 bits per heavy atom. The molecule has 1 N–H and O–H groups in total. The quantitative estimate of drug-likeness (QED) is 0.769. The van der Waals surface area contributed by atoms with Crippen LogP contribution < -0.4 is 10.6 Å². The summed E-state index contributed by atoms with van der Waals surface area (Å²) in [5.74, 6) is 0.899. The first-order chi connectivity index (χ1) is 7.09. The van der Waals surface area contributed by atoms with Gasteiger partial charge in [-0.25, -0.2) is 0 Å². The third kappa shape index (κ3) is 1.81. The first-order valence-corrected chi connectivity index (χ1v) is 5.65. The fraction of sp³-hybridized carbons (Fsp3) is 0.538. The van der Waals surface area contributed by atoms with E-state index in [2.05, 4.69) is 43.4 Å². The summed E-state index contributed by atoms with van der Waals surface area (Å²) in [5, 5.41) is 2.27. The molecular formula is C13H20N2. The van der Waals surface area contributed by atoms with Crippen LogP contribution in [0.1, 0.15) is 26.7 Å². The van der Waals surface area contributed by atoms with Crippen molar-refractivity contribution in [3.8, 4) is 0 Å². The van der Waals surface area contributed by atoms with Crippen LogP contribution in [-0.2, 0) is 0 Å². The number of aromatic nitrogens is 1. The predicted molar refractivity (Wildman–Crippen MR) is 64.6 cm³/mol. The molecule has 1 heterocycles. The number of hydrogen-bond acceptors (Lipinski definition) is 1. The number of aromatic amines is 1. The maximum Gasteiger partial charge on any atom is 0.0398 e. The van der Waals surface area contributed by atoms with Gasteiger partial charge in [0.1, 0.15) is 0 Å². The highest BCUT2D eigenvalue weighted by atomic mass is 15.1. The van der Waals surface area contributed by atoms with Gasteiger partial charge in [0.2, 0.25) is 0 Å². The predicted octanol–water partition coefficient (Wildman–Crippen LogP) is 1.28. The lowest BCUT2D eigenvalue weighted by molar-refractivity contribution is 0.160. The van der Waals surface area contributed by atoms with Gasteiger partial charge in [-0.1, -0.05) is 13.5 Å². The van der Waals surface area contributed by atoms with Gasteiger partial charge in [-0.05, 0) is 31.7 Å². The highest BCUT2D eigenvalue weighted by Gasteiger charge is 2.28. The fourth-order valence-electron chi connectivity index (χ4n) is 2.38. The molecule has 0 atom stereocenters. The molecule has 1 aromatic heterocycles. The number of hydrogen-bond donors (Lipinski definition) is 1. The average molecular weight is 204 g/mol. The SMILES string of the molecule is C=c1[nH]cc/c1=C(/C)N(C)[C@H]1C[C@@H](C)C1. The van der Waals surface area contributed by atoms with Gasteiger partial charge in [0, 0.05) is 35.6 Å². The monoisotopic (exact) mass is 204 g/mol. The summed E-state index contributed by atoms with van der Waals surface area (Å²) in [6.45, 7) is 8.50. The van der Waals surface area contributed by atoms with Gasteiger partial charge in [-0.15, -0.1) is 0 Å². The Kier molecular flexibility index (Phi) is 2.59. The van der Waals surface area contributed by atoms with Crippen molar-refractivity contribution < 1.29 is 0 Å². The standard InChI is InChI=1S/C13H20N2/c1-9-7-12(8-9)15(4)11(3)13-5-6-14-10(13)2/h5-6,9,12,14H,2,7-8H2,1,3-4H3/b13-11+/t9-,12+. The third-order valence-corrected chi connectivity index (χ3v) is 3.65. The number of nitrogens with one attached hydrogen (secondary N) is 1. The summed E-state index contributed by atoms with van der Waals surface area (Å²) >= 11 is 0. The average Bonchev–Trinajstić information content (AvgIpc) is 2.57.